The average Bonchev–Trinajstić information content (AvgIpc) is 3.28. The van der Waals surface area contributed by atoms with Crippen molar-refractivity contribution in [2.75, 3.05) is 7.11 Å². The second kappa shape index (κ2) is 9.67. The summed E-state index contributed by atoms with van der Waals surface area (Å²) < 4.78 is 11.3. The minimum atomic E-state index is -2.06. The van der Waals surface area contributed by atoms with Gasteiger partial charge >= 0.3 is 0 Å². The van der Waals surface area contributed by atoms with Gasteiger partial charge in [0.05, 0.1) is 18.4 Å². The van der Waals surface area contributed by atoms with Crippen LogP contribution in [0.1, 0.15) is 11.3 Å². The lowest BCUT2D eigenvalue weighted by Gasteiger charge is -2.27. The highest BCUT2D eigenvalue weighted by atomic mass is 31.2. The maximum atomic E-state index is 5.94. The molecule has 0 atom stereocenters. The quantitative estimate of drug-likeness (QED) is 0.271. The molecule has 0 aliphatic carbocycles. The molecule has 34 heavy (non-hydrogen) atoms. The Bertz CT molecular complexity index is 1250. The third kappa shape index (κ3) is 4.04. The van der Waals surface area contributed by atoms with E-state index in [4.69, 9.17) is 9.26 Å². The Morgan fingerprint density at radius 2 is 1.15 bits per heavy atom. The summed E-state index contributed by atoms with van der Waals surface area (Å²) in [5.41, 5.74) is 3.08. The van der Waals surface area contributed by atoms with Crippen LogP contribution in [0, 0.1) is 6.92 Å². The van der Waals surface area contributed by atoms with Crippen LogP contribution in [0.5, 0.6) is 5.75 Å². The van der Waals surface area contributed by atoms with Gasteiger partial charge in [0.1, 0.15) is 35.1 Å². The van der Waals surface area contributed by atoms with E-state index in [2.05, 4.69) is 96.2 Å². The maximum absolute atomic E-state index is 5.94. The Hall–Kier alpha value is -3.68. The molecule has 0 radical (unpaired) electrons. The number of hydrogen-bond acceptors (Lipinski definition) is 3. The molecule has 0 saturated heterocycles. The van der Waals surface area contributed by atoms with Crippen molar-refractivity contribution in [1.29, 1.82) is 0 Å². The molecular weight excluding hydrogens is 437 g/mol. The third-order valence-corrected chi connectivity index (χ3v) is 10.7. The highest BCUT2D eigenvalue weighted by Gasteiger charge is 2.47. The summed E-state index contributed by atoms with van der Waals surface area (Å²) in [4.78, 5) is 0. The summed E-state index contributed by atoms with van der Waals surface area (Å²) in [7, 11) is -0.378. The zero-order chi connectivity index (χ0) is 23.4. The molecule has 0 unspecified atom stereocenters. The summed E-state index contributed by atoms with van der Waals surface area (Å²) in [5, 5.41) is 8.44. The number of methoxy groups -OCH3 is 1. The normalized spacial score (nSPS) is 11.4. The van der Waals surface area contributed by atoms with Crippen LogP contribution in [0.2, 0.25) is 0 Å². The van der Waals surface area contributed by atoms with E-state index in [-0.39, 0.29) is 0 Å². The van der Waals surface area contributed by atoms with Gasteiger partial charge < -0.3 is 9.26 Å². The van der Waals surface area contributed by atoms with E-state index < -0.39 is 7.26 Å². The van der Waals surface area contributed by atoms with Gasteiger partial charge in [-0.25, -0.2) is 0 Å². The van der Waals surface area contributed by atoms with Gasteiger partial charge in [0.25, 0.3) is 0 Å². The van der Waals surface area contributed by atoms with Crippen LogP contribution in [0.3, 0.4) is 0 Å². The largest absolute Gasteiger partial charge is 0.497 e. The first-order valence-corrected chi connectivity index (χ1v) is 13.3. The molecule has 4 aromatic carbocycles. The molecule has 1 aromatic heterocycles. The monoisotopic (exact) mass is 464 g/mol. The van der Waals surface area contributed by atoms with E-state index in [0.717, 1.165) is 34.5 Å². The summed E-state index contributed by atoms with van der Waals surface area (Å²) in [5.74, 6) is 1.65. The smallest absolute Gasteiger partial charge is 0.174 e. The Balaban J connectivity index is 1.74. The molecule has 5 rings (SSSR count). The molecule has 5 aromatic rings. The van der Waals surface area contributed by atoms with Crippen molar-refractivity contribution in [2.24, 2.45) is 0 Å². The predicted octanol–water partition coefficient (Wildman–Crippen LogP) is 6.15. The molecule has 168 valence electrons. The molecular formula is C30H27NO2P+. The Kier molecular flexibility index (Phi) is 6.29. The number of ether oxygens (including phenoxy) is 1. The zero-order valence-corrected chi connectivity index (χ0v) is 20.3. The summed E-state index contributed by atoms with van der Waals surface area (Å²) >= 11 is 0. The molecule has 4 heteroatoms. The highest BCUT2D eigenvalue weighted by molar-refractivity contribution is 7.95. The van der Waals surface area contributed by atoms with E-state index in [9.17, 15) is 0 Å². The van der Waals surface area contributed by atoms with Crippen LogP contribution >= 0.6 is 7.26 Å². The fourth-order valence-electron chi connectivity index (χ4n) is 4.55. The van der Waals surface area contributed by atoms with Crippen molar-refractivity contribution in [3.8, 4) is 17.1 Å². The van der Waals surface area contributed by atoms with Gasteiger partial charge in [-0.2, -0.15) is 0 Å². The molecule has 0 bridgehead atoms. The highest BCUT2D eigenvalue weighted by Crippen LogP contribution is 2.59. The SMILES string of the molecule is COc1ccc(-c2onc(C)c2C[P+](c2ccccc2)(c2ccccc2)c2ccccc2)cc1. The van der Waals surface area contributed by atoms with E-state index in [1.807, 2.05) is 31.2 Å². The second-order valence-corrected chi connectivity index (χ2v) is 11.8. The summed E-state index contributed by atoms with van der Waals surface area (Å²) in [6, 6.07) is 40.7. The van der Waals surface area contributed by atoms with E-state index in [1.165, 1.54) is 15.9 Å². The van der Waals surface area contributed by atoms with E-state index in [0.29, 0.717) is 0 Å². The van der Waals surface area contributed by atoms with Crippen LogP contribution in [-0.4, -0.2) is 12.3 Å². The van der Waals surface area contributed by atoms with Crippen molar-refractivity contribution < 1.29 is 9.26 Å². The maximum Gasteiger partial charge on any atom is 0.174 e. The standard InChI is InChI=1S/C30H27NO2P/c1-23-29(30(33-31-23)24-18-20-25(32-2)21-19-24)22-34(26-12-6-3-7-13-26,27-14-8-4-9-15-27)28-16-10-5-11-17-28/h3-21H,22H2,1-2H3/q+1. The summed E-state index contributed by atoms with van der Waals surface area (Å²) in [6.45, 7) is 2.04. The molecule has 3 nitrogen and oxygen atoms in total. The number of nitrogens with zero attached hydrogens (tertiary/aromatic N) is 1. The Labute approximate surface area is 201 Å². The lowest BCUT2D eigenvalue weighted by atomic mass is 10.1. The number of rotatable bonds is 7. The van der Waals surface area contributed by atoms with Crippen LogP contribution < -0.4 is 20.7 Å². The first-order valence-electron chi connectivity index (χ1n) is 11.4. The molecule has 0 saturated carbocycles. The minimum absolute atomic E-state index is 0.821. The zero-order valence-electron chi connectivity index (χ0n) is 19.4. The number of aryl methyl sites for hydroxylation is 1. The molecule has 1 heterocycles. The van der Waals surface area contributed by atoms with E-state index >= 15 is 0 Å². The van der Waals surface area contributed by atoms with Crippen molar-refractivity contribution in [3.63, 3.8) is 0 Å². The number of hydrogen-bond donors (Lipinski definition) is 0. The van der Waals surface area contributed by atoms with Gasteiger partial charge in [-0.05, 0) is 67.6 Å². The van der Waals surface area contributed by atoms with Crippen molar-refractivity contribution >= 4 is 23.2 Å². The first kappa shape index (κ1) is 22.1. The molecule has 0 aliphatic heterocycles. The predicted molar refractivity (Wildman–Crippen MR) is 142 cm³/mol. The molecule has 0 N–H and O–H groups in total. The Morgan fingerprint density at radius 3 is 1.59 bits per heavy atom. The van der Waals surface area contributed by atoms with Crippen LogP contribution in [0.25, 0.3) is 11.3 Å². The average molecular weight is 465 g/mol. The Morgan fingerprint density at radius 1 is 0.676 bits per heavy atom. The van der Waals surface area contributed by atoms with Gasteiger partial charge in [-0.15, -0.1) is 0 Å². The third-order valence-electron chi connectivity index (χ3n) is 6.32. The molecule has 0 aliphatic rings. The van der Waals surface area contributed by atoms with Crippen LogP contribution in [-0.2, 0) is 6.16 Å². The second-order valence-electron chi connectivity index (χ2n) is 8.28. The molecule has 0 spiro atoms. The topological polar surface area (TPSA) is 35.3 Å². The lowest BCUT2D eigenvalue weighted by Crippen LogP contribution is -2.32. The fourth-order valence-corrected chi connectivity index (χ4v) is 8.88. The molecule has 0 amide bonds. The van der Waals surface area contributed by atoms with Gasteiger partial charge in [0.15, 0.2) is 5.76 Å². The van der Waals surface area contributed by atoms with Gasteiger partial charge in [0.2, 0.25) is 0 Å². The van der Waals surface area contributed by atoms with Gasteiger partial charge in [-0.1, -0.05) is 59.8 Å². The molecule has 0 fully saturated rings. The lowest BCUT2D eigenvalue weighted by molar-refractivity contribution is 0.414. The van der Waals surface area contributed by atoms with Crippen molar-refractivity contribution in [2.45, 2.75) is 13.1 Å². The fraction of sp³-hybridized carbons (Fsp3) is 0.100. The van der Waals surface area contributed by atoms with Crippen LogP contribution in [0.15, 0.2) is 120 Å². The summed E-state index contributed by atoms with van der Waals surface area (Å²) in [6.07, 6.45) is 0.821. The number of benzene rings is 4. The first-order chi connectivity index (χ1) is 16.7. The number of aromatic nitrogens is 1. The van der Waals surface area contributed by atoms with E-state index in [1.54, 1.807) is 7.11 Å². The van der Waals surface area contributed by atoms with Crippen LogP contribution in [0.4, 0.5) is 0 Å². The minimum Gasteiger partial charge on any atom is -0.497 e. The van der Waals surface area contributed by atoms with Gasteiger partial charge in [0, 0.05) is 5.56 Å². The van der Waals surface area contributed by atoms with Crippen molar-refractivity contribution in [1.82, 2.24) is 5.16 Å². The van der Waals surface area contributed by atoms with Crippen molar-refractivity contribution in [3.05, 3.63) is 127 Å². The van der Waals surface area contributed by atoms with Gasteiger partial charge in [-0.3, -0.25) is 0 Å².